The van der Waals surface area contributed by atoms with Crippen LogP contribution in [0.5, 0.6) is 0 Å². The van der Waals surface area contributed by atoms with Gasteiger partial charge in [-0.25, -0.2) is 13.2 Å². The second-order valence-corrected chi connectivity index (χ2v) is 5.15. The summed E-state index contributed by atoms with van der Waals surface area (Å²) in [5, 5.41) is 0. The predicted molar refractivity (Wildman–Crippen MR) is 61.4 cm³/mol. The summed E-state index contributed by atoms with van der Waals surface area (Å²) in [7, 11) is 0. The molecule has 2 N–H and O–H groups in total. The van der Waals surface area contributed by atoms with Crippen molar-refractivity contribution in [2.24, 2.45) is 5.73 Å². The van der Waals surface area contributed by atoms with Gasteiger partial charge in [0.05, 0.1) is 6.04 Å². The zero-order valence-electron chi connectivity index (χ0n) is 9.87. The molecule has 1 aromatic carbocycles. The van der Waals surface area contributed by atoms with Crippen molar-refractivity contribution in [1.29, 1.82) is 0 Å². The Labute approximate surface area is 104 Å². The third-order valence-corrected chi connectivity index (χ3v) is 3.86. The normalized spacial score (nSPS) is 28.9. The molecule has 1 aliphatic carbocycles. The lowest BCUT2D eigenvalue weighted by Gasteiger charge is -2.27. The molecule has 1 heterocycles. The van der Waals surface area contributed by atoms with Crippen molar-refractivity contribution < 1.29 is 13.2 Å². The van der Waals surface area contributed by atoms with Gasteiger partial charge in [0.1, 0.15) is 5.82 Å². The molecule has 1 aliphatic heterocycles. The van der Waals surface area contributed by atoms with Gasteiger partial charge in [-0.15, -0.1) is 0 Å². The van der Waals surface area contributed by atoms with Crippen LogP contribution in [0.3, 0.4) is 0 Å². The summed E-state index contributed by atoms with van der Waals surface area (Å²) < 4.78 is 40.1. The van der Waals surface area contributed by atoms with Gasteiger partial charge < -0.3 is 5.73 Å². The summed E-state index contributed by atoms with van der Waals surface area (Å²) in [5.74, 6) is -2.87. The highest BCUT2D eigenvalue weighted by molar-refractivity contribution is 5.26. The third kappa shape index (κ3) is 1.91. The van der Waals surface area contributed by atoms with Crippen molar-refractivity contribution in [3.63, 3.8) is 0 Å². The first-order chi connectivity index (χ1) is 8.58. The van der Waals surface area contributed by atoms with Crippen molar-refractivity contribution in [2.75, 3.05) is 6.54 Å². The Hall–Kier alpha value is -1.07. The smallest absolute Gasteiger partial charge is 0.161 e. The Morgan fingerprint density at radius 1 is 1.00 bits per heavy atom. The lowest BCUT2D eigenvalue weighted by atomic mass is 9.99. The minimum Gasteiger partial charge on any atom is -0.326 e. The molecule has 2 atom stereocenters. The van der Waals surface area contributed by atoms with E-state index in [1.165, 1.54) is 0 Å². The van der Waals surface area contributed by atoms with Crippen molar-refractivity contribution >= 4 is 0 Å². The first kappa shape index (κ1) is 12.0. The minimum absolute atomic E-state index is 0.186. The summed E-state index contributed by atoms with van der Waals surface area (Å²) in [6.45, 7) is 0.801. The molecule has 0 radical (unpaired) electrons. The van der Waals surface area contributed by atoms with E-state index in [-0.39, 0.29) is 17.6 Å². The number of nitrogens with zero attached hydrogens (tertiary/aromatic N) is 1. The van der Waals surface area contributed by atoms with Crippen LogP contribution in [0.25, 0.3) is 0 Å². The summed E-state index contributed by atoms with van der Waals surface area (Å²) in [6.07, 6.45) is 2.92. The molecule has 5 heteroatoms. The molecule has 2 aliphatic rings. The lowest BCUT2D eigenvalue weighted by Crippen LogP contribution is -2.34. The molecule has 1 saturated carbocycles. The van der Waals surface area contributed by atoms with Gasteiger partial charge in [0.15, 0.2) is 11.6 Å². The Bertz CT molecular complexity index is 474. The van der Waals surface area contributed by atoms with E-state index in [0.29, 0.717) is 12.1 Å². The molecule has 2 fully saturated rings. The molecule has 0 spiro atoms. The fraction of sp³-hybridized carbons (Fsp3) is 0.538. The molecule has 1 aromatic rings. The average molecular weight is 256 g/mol. The number of rotatable bonds is 2. The van der Waals surface area contributed by atoms with Crippen molar-refractivity contribution in [3.8, 4) is 0 Å². The number of hydrogen-bond acceptors (Lipinski definition) is 2. The first-order valence-corrected chi connectivity index (χ1v) is 6.23. The first-order valence-electron chi connectivity index (χ1n) is 6.23. The number of likely N-dealkylation sites (tertiary alicyclic amines) is 1. The number of nitrogens with two attached hydrogens (primary N) is 1. The highest BCUT2D eigenvalue weighted by Gasteiger charge is 2.42. The Balaban J connectivity index is 1.99. The number of hydrogen-bond donors (Lipinski definition) is 1. The van der Waals surface area contributed by atoms with E-state index in [9.17, 15) is 13.2 Å². The standard InChI is InChI=1S/C13H15F3N2/c14-9-6-11(16)10(15)5-8(9)13-12(17)3-4-18(13)7-1-2-7/h5-7,12-13H,1-4,17H2. The Kier molecular flexibility index (Phi) is 2.83. The van der Waals surface area contributed by atoms with Gasteiger partial charge in [0.2, 0.25) is 0 Å². The molecule has 2 nitrogen and oxygen atoms in total. The highest BCUT2D eigenvalue weighted by atomic mass is 19.2. The monoisotopic (exact) mass is 256 g/mol. The third-order valence-electron chi connectivity index (χ3n) is 3.86. The fourth-order valence-corrected chi connectivity index (χ4v) is 2.83. The zero-order valence-corrected chi connectivity index (χ0v) is 9.87. The van der Waals surface area contributed by atoms with Crippen LogP contribution in [0.1, 0.15) is 30.9 Å². The summed E-state index contributed by atoms with van der Waals surface area (Å²) in [6, 6.07) is 1.45. The van der Waals surface area contributed by atoms with Gasteiger partial charge in [-0.1, -0.05) is 0 Å². The Morgan fingerprint density at radius 2 is 1.67 bits per heavy atom. The van der Waals surface area contributed by atoms with Gasteiger partial charge in [0.25, 0.3) is 0 Å². The zero-order chi connectivity index (χ0) is 12.9. The van der Waals surface area contributed by atoms with Crippen LogP contribution < -0.4 is 5.73 Å². The number of benzene rings is 1. The van der Waals surface area contributed by atoms with E-state index in [2.05, 4.69) is 4.90 Å². The van der Waals surface area contributed by atoms with E-state index in [1.807, 2.05) is 0 Å². The molecule has 2 unspecified atom stereocenters. The summed E-state index contributed by atoms with van der Waals surface area (Å²) in [4.78, 5) is 2.13. The van der Waals surface area contributed by atoms with Crippen LogP contribution in [-0.2, 0) is 0 Å². The van der Waals surface area contributed by atoms with E-state index >= 15 is 0 Å². The van der Waals surface area contributed by atoms with Crippen molar-refractivity contribution in [3.05, 3.63) is 35.1 Å². The molecule has 0 amide bonds. The molecule has 1 saturated heterocycles. The van der Waals surface area contributed by atoms with Crippen molar-refractivity contribution in [2.45, 2.75) is 37.4 Å². The highest BCUT2D eigenvalue weighted by Crippen LogP contribution is 2.41. The van der Waals surface area contributed by atoms with E-state index in [1.54, 1.807) is 0 Å². The second kappa shape index (κ2) is 4.24. The van der Waals surface area contributed by atoms with Gasteiger partial charge >= 0.3 is 0 Å². The van der Waals surface area contributed by atoms with Crippen LogP contribution in [-0.4, -0.2) is 23.5 Å². The van der Waals surface area contributed by atoms with E-state index in [0.717, 1.165) is 31.9 Å². The summed E-state index contributed by atoms with van der Waals surface area (Å²) in [5.41, 5.74) is 6.19. The fourth-order valence-electron chi connectivity index (χ4n) is 2.83. The van der Waals surface area contributed by atoms with Crippen LogP contribution >= 0.6 is 0 Å². The number of halogens is 3. The van der Waals surface area contributed by atoms with E-state index in [4.69, 9.17) is 5.73 Å². The van der Waals surface area contributed by atoms with Crippen LogP contribution in [0.15, 0.2) is 12.1 Å². The predicted octanol–water partition coefficient (Wildman–Crippen LogP) is 2.34. The molecular weight excluding hydrogens is 241 g/mol. The maximum atomic E-state index is 13.8. The van der Waals surface area contributed by atoms with Gasteiger partial charge in [-0.3, -0.25) is 4.90 Å². The minimum atomic E-state index is -1.15. The summed E-state index contributed by atoms with van der Waals surface area (Å²) >= 11 is 0. The molecule has 0 bridgehead atoms. The molecule has 0 aromatic heterocycles. The van der Waals surface area contributed by atoms with Crippen LogP contribution in [0, 0.1) is 17.5 Å². The SMILES string of the molecule is NC1CCN(C2CC2)C1c1cc(F)c(F)cc1F. The molecular formula is C13H15F3N2. The van der Waals surface area contributed by atoms with Crippen molar-refractivity contribution in [1.82, 2.24) is 4.90 Å². The topological polar surface area (TPSA) is 29.3 Å². The second-order valence-electron chi connectivity index (χ2n) is 5.15. The van der Waals surface area contributed by atoms with Crippen LogP contribution in [0.2, 0.25) is 0 Å². The molecule has 18 heavy (non-hydrogen) atoms. The molecule has 98 valence electrons. The lowest BCUT2D eigenvalue weighted by molar-refractivity contribution is 0.231. The molecule has 3 rings (SSSR count). The van der Waals surface area contributed by atoms with Crippen LogP contribution in [0.4, 0.5) is 13.2 Å². The van der Waals surface area contributed by atoms with Gasteiger partial charge in [0, 0.05) is 30.3 Å². The maximum Gasteiger partial charge on any atom is 0.161 e. The van der Waals surface area contributed by atoms with Gasteiger partial charge in [-0.2, -0.15) is 0 Å². The Morgan fingerprint density at radius 3 is 2.33 bits per heavy atom. The average Bonchev–Trinajstić information content (AvgIpc) is 3.09. The van der Waals surface area contributed by atoms with E-state index < -0.39 is 17.5 Å². The quantitative estimate of drug-likeness (QED) is 0.823. The maximum absolute atomic E-state index is 13.8. The van der Waals surface area contributed by atoms with Gasteiger partial charge in [-0.05, 0) is 25.3 Å². The largest absolute Gasteiger partial charge is 0.326 e.